The number of ether oxygens (including phenoxy) is 3. The highest BCUT2D eigenvalue weighted by Gasteiger charge is 2.46. The largest absolute Gasteiger partial charge is 0.434 e. The van der Waals surface area contributed by atoms with Crippen LogP contribution in [0.4, 0.5) is 0 Å². The summed E-state index contributed by atoms with van der Waals surface area (Å²) in [5, 5.41) is 0. The highest BCUT2D eigenvalue weighted by atomic mass is 16.7. The molecule has 0 N–H and O–H groups in total. The Labute approximate surface area is 83.5 Å². The lowest BCUT2D eigenvalue weighted by Crippen LogP contribution is -2.38. The van der Waals surface area contributed by atoms with Crippen molar-refractivity contribution in [2.24, 2.45) is 11.8 Å². The average Bonchev–Trinajstić information content (AvgIpc) is 2.41. The van der Waals surface area contributed by atoms with Crippen LogP contribution in [0.1, 0.15) is 20.3 Å². The second-order valence-electron chi connectivity index (χ2n) is 4.20. The van der Waals surface area contributed by atoms with Crippen molar-refractivity contribution >= 4 is 5.97 Å². The maximum atomic E-state index is 11.5. The summed E-state index contributed by atoms with van der Waals surface area (Å²) in [6.45, 7) is 4.09. The Morgan fingerprint density at radius 3 is 2.79 bits per heavy atom. The molecule has 4 heteroatoms. The number of carbonyl (C=O) groups excluding carboxylic acids is 1. The monoisotopic (exact) mass is 200 g/mol. The van der Waals surface area contributed by atoms with Crippen molar-refractivity contribution in [1.82, 2.24) is 0 Å². The molecule has 0 aromatic carbocycles. The van der Waals surface area contributed by atoms with Gasteiger partial charge in [-0.2, -0.15) is 0 Å². The summed E-state index contributed by atoms with van der Waals surface area (Å²) in [6, 6.07) is 0. The van der Waals surface area contributed by atoms with Crippen LogP contribution in [0.5, 0.6) is 0 Å². The third-order valence-electron chi connectivity index (χ3n) is 3.16. The molecule has 0 radical (unpaired) electrons. The molecular weight excluding hydrogens is 184 g/mol. The van der Waals surface area contributed by atoms with E-state index in [-0.39, 0.29) is 24.3 Å². The number of fused-ring (bicyclic) bond motifs is 2. The number of hydrogen-bond donors (Lipinski definition) is 0. The lowest BCUT2D eigenvalue weighted by atomic mass is 9.88. The fourth-order valence-electron chi connectivity index (χ4n) is 2.42. The fraction of sp³-hybridized carbons (Fsp3) is 0.900. The highest BCUT2D eigenvalue weighted by Crippen LogP contribution is 2.36. The van der Waals surface area contributed by atoms with E-state index in [0.29, 0.717) is 5.92 Å². The first-order valence-corrected chi connectivity index (χ1v) is 5.02. The molecule has 2 aliphatic heterocycles. The Morgan fingerprint density at radius 2 is 2.14 bits per heavy atom. The van der Waals surface area contributed by atoms with E-state index in [4.69, 9.17) is 14.2 Å². The highest BCUT2D eigenvalue weighted by molar-refractivity contribution is 5.75. The van der Waals surface area contributed by atoms with Gasteiger partial charge in [-0.3, -0.25) is 0 Å². The lowest BCUT2D eigenvalue weighted by molar-refractivity contribution is -0.174. The molecule has 0 spiro atoms. The predicted octanol–water partition coefficient (Wildman–Crippen LogP) is 0.945. The van der Waals surface area contributed by atoms with Crippen LogP contribution >= 0.6 is 0 Å². The number of hydrogen-bond acceptors (Lipinski definition) is 4. The van der Waals surface area contributed by atoms with E-state index in [9.17, 15) is 4.79 Å². The summed E-state index contributed by atoms with van der Waals surface area (Å²) >= 11 is 0. The second kappa shape index (κ2) is 3.51. The molecule has 0 saturated carbocycles. The van der Waals surface area contributed by atoms with E-state index in [1.165, 1.54) is 7.11 Å². The van der Waals surface area contributed by atoms with Crippen molar-refractivity contribution in [2.45, 2.75) is 38.8 Å². The minimum atomic E-state index is -0.479. The summed E-state index contributed by atoms with van der Waals surface area (Å²) in [5.74, 6) is 0.204. The van der Waals surface area contributed by atoms with Crippen LogP contribution in [-0.2, 0) is 19.0 Å². The van der Waals surface area contributed by atoms with Gasteiger partial charge in [-0.25, -0.2) is 4.79 Å². The minimum Gasteiger partial charge on any atom is -0.434 e. The Kier molecular flexibility index (Phi) is 2.49. The maximum absolute atomic E-state index is 11.5. The molecular formula is C10H16O4. The number of rotatable bonds is 1. The number of methoxy groups -OCH3 is 1. The fourth-order valence-corrected chi connectivity index (χ4v) is 2.42. The van der Waals surface area contributed by atoms with E-state index in [2.05, 4.69) is 6.92 Å². The molecule has 4 nitrogen and oxygen atoms in total. The van der Waals surface area contributed by atoms with Crippen LogP contribution in [0, 0.1) is 11.8 Å². The zero-order valence-electron chi connectivity index (χ0n) is 8.73. The van der Waals surface area contributed by atoms with Crippen LogP contribution in [-0.4, -0.2) is 31.6 Å². The van der Waals surface area contributed by atoms with Crippen LogP contribution in [0.2, 0.25) is 0 Å². The smallest absolute Gasteiger partial charge is 0.337 e. The van der Waals surface area contributed by atoms with Crippen molar-refractivity contribution in [1.29, 1.82) is 0 Å². The molecule has 2 fully saturated rings. The Balaban J connectivity index is 2.21. The SMILES string of the molecule is CO[C@@H]1C(=O)O[C@@H]2C[C@@H](C)[C@@H](O2)[C@H]1C. The lowest BCUT2D eigenvalue weighted by Gasteiger charge is -2.25. The van der Waals surface area contributed by atoms with Crippen LogP contribution in [0.15, 0.2) is 0 Å². The molecule has 0 aromatic heterocycles. The third-order valence-corrected chi connectivity index (χ3v) is 3.16. The Bertz CT molecular complexity index is 240. The summed E-state index contributed by atoms with van der Waals surface area (Å²) in [6.07, 6.45) is 0.0474. The first kappa shape index (κ1) is 9.93. The van der Waals surface area contributed by atoms with Gasteiger partial charge >= 0.3 is 5.97 Å². The standard InChI is InChI=1S/C10H16O4/c1-5-4-7-13-8(5)6(2)9(12-3)10(11)14-7/h5-9H,4H2,1-3H3/t5-,6-,7-,8-,9+/m1/s1. The van der Waals surface area contributed by atoms with Crippen molar-refractivity contribution in [3.8, 4) is 0 Å². The molecule has 5 atom stereocenters. The zero-order chi connectivity index (χ0) is 10.3. The molecule has 0 amide bonds. The second-order valence-corrected chi connectivity index (χ2v) is 4.20. The summed E-state index contributed by atoms with van der Waals surface area (Å²) in [5.41, 5.74) is 0. The average molecular weight is 200 g/mol. The topological polar surface area (TPSA) is 44.8 Å². The normalized spacial score (nSPS) is 47.4. The van der Waals surface area contributed by atoms with Crippen molar-refractivity contribution in [2.75, 3.05) is 7.11 Å². The van der Waals surface area contributed by atoms with Gasteiger partial charge in [0.25, 0.3) is 0 Å². The molecule has 0 aromatic rings. The number of esters is 1. The summed E-state index contributed by atoms with van der Waals surface area (Å²) in [4.78, 5) is 11.5. The van der Waals surface area contributed by atoms with Gasteiger partial charge in [0.05, 0.1) is 6.10 Å². The van der Waals surface area contributed by atoms with Gasteiger partial charge in [0.1, 0.15) is 0 Å². The van der Waals surface area contributed by atoms with Crippen molar-refractivity contribution < 1.29 is 19.0 Å². The molecule has 0 aliphatic carbocycles. The number of carbonyl (C=O) groups is 1. The molecule has 2 rings (SSSR count). The molecule has 2 saturated heterocycles. The molecule has 14 heavy (non-hydrogen) atoms. The predicted molar refractivity (Wildman–Crippen MR) is 48.5 cm³/mol. The van der Waals surface area contributed by atoms with E-state index in [1.54, 1.807) is 0 Å². The van der Waals surface area contributed by atoms with Crippen molar-refractivity contribution in [3.05, 3.63) is 0 Å². The summed E-state index contributed by atoms with van der Waals surface area (Å²) < 4.78 is 15.9. The summed E-state index contributed by atoms with van der Waals surface area (Å²) in [7, 11) is 1.53. The van der Waals surface area contributed by atoms with Crippen LogP contribution in [0.25, 0.3) is 0 Å². The minimum absolute atomic E-state index is 0.0648. The quantitative estimate of drug-likeness (QED) is 0.591. The zero-order valence-corrected chi connectivity index (χ0v) is 8.73. The molecule has 0 unspecified atom stereocenters. The van der Waals surface area contributed by atoms with Gasteiger partial charge in [0.15, 0.2) is 6.10 Å². The molecule has 2 heterocycles. The molecule has 80 valence electrons. The maximum Gasteiger partial charge on any atom is 0.337 e. The Hall–Kier alpha value is -0.610. The third kappa shape index (κ3) is 1.42. The van der Waals surface area contributed by atoms with E-state index in [0.717, 1.165) is 6.42 Å². The van der Waals surface area contributed by atoms with Crippen LogP contribution < -0.4 is 0 Å². The van der Waals surface area contributed by atoms with E-state index in [1.807, 2.05) is 6.92 Å². The van der Waals surface area contributed by atoms with Gasteiger partial charge in [0.2, 0.25) is 6.29 Å². The van der Waals surface area contributed by atoms with Crippen LogP contribution in [0.3, 0.4) is 0 Å². The van der Waals surface area contributed by atoms with E-state index >= 15 is 0 Å². The van der Waals surface area contributed by atoms with E-state index < -0.39 is 6.10 Å². The van der Waals surface area contributed by atoms with Gasteiger partial charge in [0, 0.05) is 19.4 Å². The Morgan fingerprint density at radius 1 is 1.43 bits per heavy atom. The van der Waals surface area contributed by atoms with Gasteiger partial charge < -0.3 is 14.2 Å². The van der Waals surface area contributed by atoms with Gasteiger partial charge in [-0.05, 0) is 5.92 Å². The van der Waals surface area contributed by atoms with Crippen molar-refractivity contribution in [3.63, 3.8) is 0 Å². The first-order valence-electron chi connectivity index (χ1n) is 5.02. The van der Waals surface area contributed by atoms with Gasteiger partial charge in [-0.1, -0.05) is 13.8 Å². The van der Waals surface area contributed by atoms with Gasteiger partial charge in [-0.15, -0.1) is 0 Å². The molecule has 2 bridgehead atoms. The molecule has 2 aliphatic rings. The first-order chi connectivity index (χ1) is 6.63.